The fourth-order valence-corrected chi connectivity index (χ4v) is 5.45. The van der Waals surface area contributed by atoms with E-state index in [0.717, 1.165) is 22.7 Å². The van der Waals surface area contributed by atoms with Crippen LogP contribution in [0.3, 0.4) is 0 Å². The number of nitrogens with zero attached hydrogens (tertiary/aromatic N) is 3. The minimum Gasteiger partial charge on any atom is -0.382 e. The van der Waals surface area contributed by atoms with Crippen LogP contribution in [0.15, 0.2) is 72.9 Å². The molecule has 1 aromatic heterocycles. The monoisotopic (exact) mass is 563 g/mol. The fourth-order valence-electron chi connectivity index (χ4n) is 5.25. The molecular weight excluding hydrogens is 522 g/mol. The number of aromatic nitrogens is 1. The summed E-state index contributed by atoms with van der Waals surface area (Å²) in [6.07, 6.45) is 3.57. The molecule has 1 heterocycles. The van der Waals surface area contributed by atoms with Crippen LogP contribution < -0.4 is 0 Å². The Morgan fingerprint density at radius 1 is 1.02 bits per heavy atom. The number of rotatable bonds is 15. The molecule has 0 radical (unpaired) electrons. The molecule has 0 N–H and O–H groups in total. The first-order valence-electron chi connectivity index (χ1n) is 14.4. The van der Waals surface area contributed by atoms with E-state index < -0.39 is 0 Å². The number of hydrogen-bond acceptors (Lipinski definition) is 3. The highest BCUT2D eigenvalue weighted by molar-refractivity contribution is 6.31. The summed E-state index contributed by atoms with van der Waals surface area (Å²) in [5.74, 6) is 0.516. The first kappa shape index (κ1) is 29.9. The van der Waals surface area contributed by atoms with Gasteiger partial charge in [-0.1, -0.05) is 74.0 Å². The topological polar surface area (TPSA) is 54.8 Å². The molecule has 1 unspecified atom stereocenters. The smallest absolute Gasteiger partial charge is 0.242 e. The first-order chi connectivity index (χ1) is 19.4. The Labute approximate surface area is 243 Å². The molecule has 1 saturated carbocycles. The van der Waals surface area contributed by atoms with Gasteiger partial charge in [0.1, 0.15) is 0 Å². The third-order valence-corrected chi connectivity index (χ3v) is 7.78. The molecule has 2 aromatic carbocycles. The van der Waals surface area contributed by atoms with Gasteiger partial charge in [-0.2, -0.15) is 0 Å². The molecule has 0 saturated heterocycles. The number of carbonyl (C=O) groups excluding carboxylic acids is 2. The highest BCUT2D eigenvalue weighted by Gasteiger charge is 2.46. The van der Waals surface area contributed by atoms with Gasteiger partial charge >= 0.3 is 0 Å². The van der Waals surface area contributed by atoms with E-state index in [9.17, 15) is 9.59 Å². The highest BCUT2D eigenvalue weighted by Crippen LogP contribution is 2.48. The average Bonchev–Trinajstić information content (AvgIpc) is 3.64. The molecule has 40 heavy (non-hydrogen) atoms. The molecular formula is C33H42ClN3O3. The summed E-state index contributed by atoms with van der Waals surface area (Å²) in [5.41, 5.74) is 3.27. The summed E-state index contributed by atoms with van der Waals surface area (Å²) in [4.78, 5) is 31.1. The summed E-state index contributed by atoms with van der Waals surface area (Å²) in [7, 11) is 0. The van der Waals surface area contributed by atoms with Crippen molar-refractivity contribution >= 4 is 23.4 Å². The van der Waals surface area contributed by atoms with Gasteiger partial charge in [-0.3, -0.25) is 9.59 Å². The number of hydrogen-bond donors (Lipinski definition) is 0. The van der Waals surface area contributed by atoms with Gasteiger partial charge in [-0.05, 0) is 60.9 Å². The number of amides is 2. The van der Waals surface area contributed by atoms with Crippen molar-refractivity contribution in [3.63, 3.8) is 0 Å². The Morgan fingerprint density at radius 3 is 2.50 bits per heavy atom. The molecule has 3 aromatic rings. The SMILES string of the molecule is CCOCCCN(CC(=O)N(Cc1cccn1Cc1ccccc1Cl)CC(C)C)C(=O)C1C[C@H]1c1ccccc1. The van der Waals surface area contributed by atoms with Gasteiger partial charge in [0.2, 0.25) is 11.8 Å². The minimum atomic E-state index is -0.0614. The second-order valence-corrected chi connectivity index (χ2v) is 11.5. The molecule has 214 valence electrons. The predicted molar refractivity (Wildman–Crippen MR) is 160 cm³/mol. The average molecular weight is 564 g/mol. The van der Waals surface area contributed by atoms with E-state index in [-0.39, 0.29) is 30.2 Å². The zero-order valence-corrected chi connectivity index (χ0v) is 24.7. The van der Waals surface area contributed by atoms with Crippen LogP contribution >= 0.6 is 11.6 Å². The van der Waals surface area contributed by atoms with Crippen molar-refractivity contribution in [1.29, 1.82) is 0 Å². The zero-order chi connectivity index (χ0) is 28.5. The Kier molecular flexibility index (Phi) is 10.8. The van der Waals surface area contributed by atoms with E-state index in [2.05, 4.69) is 36.6 Å². The number of benzene rings is 2. The van der Waals surface area contributed by atoms with Crippen LogP contribution in [0.2, 0.25) is 5.02 Å². The van der Waals surface area contributed by atoms with Crippen LogP contribution in [-0.4, -0.2) is 59.0 Å². The Hall–Kier alpha value is -3.09. The maximum atomic E-state index is 13.8. The highest BCUT2D eigenvalue weighted by atomic mass is 35.5. The fraction of sp³-hybridized carbons (Fsp3) is 0.455. The van der Waals surface area contributed by atoms with Crippen molar-refractivity contribution in [2.75, 3.05) is 32.8 Å². The lowest BCUT2D eigenvalue weighted by Crippen LogP contribution is -2.45. The van der Waals surface area contributed by atoms with Crippen LogP contribution in [0.5, 0.6) is 0 Å². The summed E-state index contributed by atoms with van der Waals surface area (Å²) < 4.78 is 7.67. The quantitative estimate of drug-likeness (QED) is 0.206. The van der Waals surface area contributed by atoms with Gasteiger partial charge in [0.25, 0.3) is 0 Å². The molecule has 1 aliphatic rings. The van der Waals surface area contributed by atoms with E-state index in [1.807, 2.05) is 66.6 Å². The first-order valence-corrected chi connectivity index (χ1v) is 14.8. The lowest BCUT2D eigenvalue weighted by molar-refractivity contribution is -0.142. The number of ether oxygens (including phenoxy) is 1. The summed E-state index contributed by atoms with van der Waals surface area (Å²) >= 11 is 6.42. The number of carbonyl (C=O) groups is 2. The van der Waals surface area contributed by atoms with Crippen molar-refractivity contribution in [2.24, 2.45) is 11.8 Å². The van der Waals surface area contributed by atoms with Gasteiger partial charge in [0, 0.05) is 55.7 Å². The molecule has 7 heteroatoms. The zero-order valence-electron chi connectivity index (χ0n) is 24.0. The van der Waals surface area contributed by atoms with E-state index >= 15 is 0 Å². The minimum absolute atomic E-state index is 0.0270. The van der Waals surface area contributed by atoms with Crippen molar-refractivity contribution in [2.45, 2.75) is 52.6 Å². The maximum absolute atomic E-state index is 13.8. The van der Waals surface area contributed by atoms with Crippen molar-refractivity contribution in [3.8, 4) is 0 Å². The molecule has 6 nitrogen and oxygen atoms in total. The van der Waals surface area contributed by atoms with Crippen molar-refractivity contribution < 1.29 is 14.3 Å². The third-order valence-electron chi connectivity index (χ3n) is 7.41. The molecule has 0 spiro atoms. The Balaban J connectivity index is 1.46. The van der Waals surface area contributed by atoms with Crippen LogP contribution in [0.1, 0.15) is 56.4 Å². The van der Waals surface area contributed by atoms with Crippen LogP contribution in [-0.2, 0) is 27.4 Å². The second-order valence-electron chi connectivity index (χ2n) is 11.1. The second kappa shape index (κ2) is 14.5. The van der Waals surface area contributed by atoms with Crippen LogP contribution in [0.4, 0.5) is 0 Å². The van der Waals surface area contributed by atoms with E-state index in [0.29, 0.717) is 51.7 Å². The van der Waals surface area contributed by atoms with E-state index in [1.54, 1.807) is 4.90 Å². The summed E-state index contributed by atoms with van der Waals surface area (Å²) in [6.45, 7) is 9.74. The van der Waals surface area contributed by atoms with Gasteiger partial charge in [-0.25, -0.2) is 0 Å². The Morgan fingerprint density at radius 2 is 1.77 bits per heavy atom. The van der Waals surface area contributed by atoms with Crippen molar-refractivity contribution in [3.05, 3.63) is 94.8 Å². The van der Waals surface area contributed by atoms with Gasteiger partial charge in [0.05, 0.1) is 13.1 Å². The predicted octanol–water partition coefficient (Wildman–Crippen LogP) is 6.23. The molecule has 1 fully saturated rings. The molecule has 2 atom stereocenters. The normalized spacial score (nSPS) is 16.2. The van der Waals surface area contributed by atoms with Crippen LogP contribution in [0.25, 0.3) is 0 Å². The molecule has 2 amide bonds. The summed E-state index contributed by atoms with van der Waals surface area (Å²) in [5, 5.41) is 0.729. The number of halogens is 1. The maximum Gasteiger partial charge on any atom is 0.242 e. The lowest BCUT2D eigenvalue weighted by Gasteiger charge is -2.29. The van der Waals surface area contributed by atoms with E-state index in [1.165, 1.54) is 5.56 Å². The van der Waals surface area contributed by atoms with Crippen LogP contribution in [0, 0.1) is 11.8 Å². The standard InChI is InChI=1S/C33H42ClN3O3/c1-4-40-19-11-18-36(33(39)30-20-29(30)26-12-6-5-7-13-26)24-32(38)37(21-25(2)3)23-28-15-10-17-35(28)22-27-14-8-9-16-31(27)34/h5-10,12-17,25,29-30H,4,11,18-24H2,1-3H3/t29-,30?/m0/s1. The Bertz CT molecular complexity index is 1240. The largest absolute Gasteiger partial charge is 0.382 e. The van der Waals surface area contributed by atoms with Gasteiger partial charge in [-0.15, -0.1) is 0 Å². The molecule has 1 aliphatic carbocycles. The van der Waals surface area contributed by atoms with Crippen molar-refractivity contribution in [1.82, 2.24) is 14.4 Å². The van der Waals surface area contributed by atoms with Gasteiger partial charge in [0.15, 0.2) is 0 Å². The molecule has 4 rings (SSSR count). The third kappa shape index (κ3) is 8.21. The van der Waals surface area contributed by atoms with E-state index in [4.69, 9.17) is 16.3 Å². The lowest BCUT2D eigenvalue weighted by atomic mass is 10.1. The summed E-state index contributed by atoms with van der Waals surface area (Å²) in [6, 6.07) is 22.1. The molecule has 0 bridgehead atoms. The molecule has 0 aliphatic heterocycles. The van der Waals surface area contributed by atoms with Gasteiger partial charge < -0.3 is 19.1 Å².